The third-order valence-corrected chi connectivity index (χ3v) is 3.38. The fourth-order valence-electron chi connectivity index (χ4n) is 1.80. The van der Waals surface area contributed by atoms with Gasteiger partial charge in [0.2, 0.25) is 0 Å². The van der Waals surface area contributed by atoms with Crippen LogP contribution in [0, 0.1) is 5.92 Å². The molecule has 0 bridgehead atoms. The SMILES string of the molecule is CCC(CC)(NC(=O)NC(C(=O)OC)C(C)C)C(=O)O. The zero-order valence-electron chi connectivity index (χ0n) is 12.6. The molecule has 0 rings (SSSR count). The van der Waals surface area contributed by atoms with Crippen molar-refractivity contribution in [3.8, 4) is 0 Å². The number of ether oxygens (including phenoxy) is 1. The van der Waals surface area contributed by atoms with Crippen molar-refractivity contribution in [3.63, 3.8) is 0 Å². The van der Waals surface area contributed by atoms with E-state index in [1.165, 1.54) is 7.11 Å². The molecule has 2 amide bonds. The molecule has 0 aromatic heterocycles. The van der Waals surface area contributed by atoms with Crippen LogP contribution >= 0.6 is 0 Å². The standard InChI is InChI=1S/C13H24N2O5/c1-6-13(7-2,11(17)18)15-12(19)14-9(8(3)4)10(16)20-5/h8-9H,6-7H2,1-5H3,(H,17,18)(H2,14,15,19). The van der Waals surface area contributed by atoms with Crippen LogP contribution in [-0.4, -0.2) is 41.8 Å². The number of carboxylic acids is 1. The van der Waals surface area contributed by atoms with Gasteiger partial charge in [0, 0.05) is 0 Å². The lowest BCUT2D eigenvalue weighted by Crippen LogP contribution is -2.59. The summed E-state index contributed by atoms with van der Waals surface area (Å²) in [6, 6.07) is -1.51. The van der Waals surface area contributed by atoms with Crippen LogP contribution in [0.3, 0.4) is 0 Å². The predicted molar refractivity (Wildman–Crippen MR) is 73.3 cm³/mol. The second-order valence-electron chi connectivity index (χ2n) is 4.94. The highest BCUT2D eigenvalue weighted by Crippen LogP contribution is 2.15. The van der Waals surface area contributed by atoms with Gasteiger partial charge in [-0.3, -0.25) is 0 Å². The van der Waals surface area contributed by atoms with Gasteiger partial charge in [-0.1, -0.05) is 27.7 Å². The van der Waals surface area contributed by atoms with E-state index < -0.39 is 29.6 Å². The predicted octanol–water partition coefficient (Wildman–Crippen LogP) is 1.13. The van der Waals surface area contributed by atoms with Crippen LogP contribution in [0.25, 0.3) is 0 Å². The summed E-state index contributed by atoms with van der Waals surface area (Å²) < 4.78 is 4.61. The molecule has 7 heteroatoms. The molecular weight excluding hydrogens is 264 g/mol. The summed E-state index contributed by atoms with van der Waals surface area (Å²) >= 11 is 0. The van der Waals surface area contributed by atoms with Crippen molar-refractivity contribution >= 4 is 18.0 Å². The van der Waals surface area contributed by atoms with Crippen LogP contribution in [0.2, 0.25) is 0 Å². The van der Waals surface area contributed by atoms with E-state index in [9.17, 15) is 19.5 Å². The molecular formula is C13H24N2O5. The number of carbonyl (C=O) groups excluding carboxylic acids is 2. The maximum atomic E-state index is 11.9. The molecule has 0 heterocycles. The van der Waals surface area contributed by atoms with Gasteiger partial charge >= 0.3 is 18.0 Å². The lowest BCUT2D eigenvalue weighted by Gasteiger charge is -2.29. The summed E-state index contributed by atoms with van der Waals surface area (Å²) in [7, 11) is 1.23. The van der Waals surface area contributed by atoms with Gasteiger partial charge in [-0.05, 0) is 18.8 Å². The van der Waals surface area contributed by atoms with Gasteiger partial charge in [0.25, 0.3) is 0 Å². The first-order valence-corrected chi connectivity index (χ1v) is 6.64. The Morgan fingerprint density at radius 2 is 1.70 bits per heavy atom. The van der Waals surface area contributed by atoms with Gasteiger partial charge in [-0.2, -0.15) is 0 Å². The monoisotopic (exact) mass is 288 g/mol. The second kappa shape index (κ2) is 7.72. The van der Waals surface area contributed by atoms with E-state index in [0.717, 1.165) is 0 Å². The summed E-state index contributed by atoms with van der Waals surface area (Å²) in [5.74, 6) is -1.84. The molecule has 0 spiro atoms. The number of rotatable bonds is 7. The number of hydrogen-bond acceptors (Lipinski definition) is 4. The van der Waals surface area contributed by atoms with E-state index in [2.05, 4.69) is 15.4 Å². The van der Waals surface area contributed by atoms with Crippen molar-refractivity contribution in [1.82, 2.24) is 10.6 Å². The third kappa shape index (κ3) is 4.40. The van der Waals surface area contributed by atoms with Crippen LogP contribution in [0.1, 0.15) is 40.5 Å². The minimum atomic E-state index is -1.33. The molecule has 7 nitrogen and oxygen atoms in total. The second-order valence-corrected chi connectivity index (χ2v) is 4.94. The Morgan fingerprint density at radius 1 is 1.20 bits per heavy atom. The van der Waals surface area contributed by atoms with E-state index in [0.29, 0.717) is 0 Å². The van der Waals surface area contributed by atoms with Gasteiger partial charge < -0.3 is 20.5 Å². The zero-order chi connectivity index (χ0) is 15.9. The van der Waals surface area contributed by atoms with Crippen LogP contribution in [0.15, 0.2) is 0 Å². The molecule has 0 saturated heterocycles. The van der Waals surface area contributed by atoms with Gasteiger partial charge in [-0.15, -0.1) is 0 Å². The minimum Gasteiger partial charge on any atom is -0.480 e. The number of aliphatic carboxylic acids is 1. The maximum Gasteiger partial charge on any atom is 0.329 e. The molecule has 0 saturated carbocycles. The van der Waals surface area contributed by atoms with Crippen molar-refractivity contribution in [1.29, 1.82) is 0 Å². The Kier molecular flexibility index (Phi) is 7.02. The lowest BCUT2D eigenvalue weighted by molar-refractivity contribution is -0.144. The Bertz CT molecular complexity index is 364. The average molecular weight is 288 g/mol. The highest BCUT2D eigenvalue weighted by atomic mass is 16.5. The quantitative estimate of drug-likeness (QED) is 0.609. The van der Waals surface area contributed by atoms with E-state index in [1.54, 1.807) is 27.7 Å². The summed E-state index contributed by atoms with van der Waals surface area (Å²) in [5.41, 5.74) is -1.33. The van der Waals surface area contributed by atoms with E-state index in [4.69, 9.17) is 0 Å². The van der Waals surface area contributed by atoms with Gasteiger partial charge in [0.15, 0.2) is 0 Å². The number of nitrogens with one attached hydrogen (secondary N) is 2. The minimum absolute atomic E-state index is 0.171. The number of amides is 2. The van der Waals surface area contributed by atoms with Gasteiger partial charge in [0.05, 0.1) is 7.11 Å². The number of hydrogen-bond donors (Lipinski definition) is 3. The fraction of sp³-hybridized carbons (Fsp3) is 0.769. The van der Waals surface area contributed by atoms with Crippen molar-refractivity contribution in [3.05, 3.63) is 0 Å². The van der Waals surface area contributed by atoms with Crippen LogP contribution in [0.4, 0.5) is 4.79 Å². The molecule has 20 heavy (non-hydrogen) atoms. The average Bonchev–Trinajstić information content (AvgIpc) is 2.40. The number of carboxylic acid groups (broad SMARTS) is 1. The zero-order valence-corrected chi connectivity index (χ0v) is 12.6. The van der Waals surface area contributed by atoms with Crippen molar-refractivity contribution in [2.24, 2.45) is 5.92 Å². The summed E-state index contributed by atoms with van der Waals surface area (Å²) in [4.78, 5) is 34.8. The van der Waals surface area contributed by atoms with E-state index in [1.807, 2.05) is 0 Å². The number of carbonyl (C=O) groups is 3. The highest BCUT2D eigenvalue weighted by Gasteiger charge is 2.37. The molecule has 0 aromatic rings. The van der Waals surface area contributed by atoms with E-state index >= 15 is 0 Å². The van der Waals surface area contributed by atoms with Gasteiger partial charge in [-0.25, -0.2) is 14.4 Å². The molecule has 1 unspecified atom stereocenters. The molecule has 0 aliphatic carbocycles. The maximum absolute atomic E-state index is 11.9. The first-order valence-electron chi connectivity index (χ1n) is 6.64. The Hall–Kier alpha value is -1.79. The van der Waals surface area contributed by atoms with Crippen LogP contribution < -0.4 is 10.6 Å². The number of methoxy groups -OCH3 is 1. The summed E-state index contributed by atoms with van der Waals surface area (Å²) in [6.45, 7) is 6.87. The van der Waals surface area contributed by atoms with Gasteiger partial charge in [0.1, 0.15) is 11.6 Å². The normalized spacial score (nSPS) is 12.7. The molecule has 0 radical (unpaired) electrons. The van der Waals surface area contributed by atoms with Crippen LogP contribution in [0.5, 0.6) is 0 Å². The molecule has 3 N–H and O–H groups in total. The van der Waals surface area contributed by atoms with E-state index in [-0.39, 0.29) is 18.8 Å². The Morgan fingerprint density at radius 3 is 2.00 bits per heavy atom. The molecule has 0 aromatic carbocycles. The molecule has 1 atom stereocenters. The summed E-state index contributed by atoms with van der Waals surface area (Å²) in [5, 5.41) is 14.1. The topological polar surface area (TPSA) is 105 Å². The first-order chi connectivity index (χ1) is 9.23. The molecule has 0 aliphatic heterocycles. The Balaban J connectivity index is 4.91. The number of esters is 1. The largest absolute Gasteiger partial charge is 0.480 e. The third-order valence-electron chi connectivity index (χ3n) is 3.38. The smallest absolute Gasteiger partial charge is 0.329 e. The van der Waals surface area contributed by atoms with Crippen molar-refractivity contribution in [2.45, 2.75) is 52.1 Å². The summed E-state index contributed by atoms with van der Waals surface area (Å²) in [6.07, 6.45) is 0.494. The van der Waals surface area contributed by atoms with Crippen molar-refractivity contribution < 1.29 is 24.2 Å². The highest BCUT2D eigenvalue weighted by molar-refractivity contribution is 5.88. The molecule has 0 fully saturated rings. The first kappa shape index (κ1) is 18.2. The fourth-order valence-corrected chi connectivity index (χ4v) is 1.80. The molecule has 0 aliphatic rings. The lowest BCUT2D eigenvalue weighted by atomic mass is 9.93. The number of urea groups is 1. The van der Waals surface area contributed by atoms with Crippen molar-refractivity contribution in [2.75, 3.05) is 7.11 Å². The molecule has 116 valence electrons. The van der Waals surface area contributed by atoms with Crippen LogP contribution in [-0.2, 0) is 14.3 Å². The Labute approximate surface area is 119 Å².